The van der Waals surface area contributed by atoms with E-state index in [0.717, 1.165) is 60.8 Å². The summed E-state index contributed by atoms with van der Waals surface area (Å²) in [5.41, 5.74) is -0.0301. The molecule has 0 spiro atoms. The second-order valence-corrected chi connectivity index (χ2v) is 10.1. The van der Waals surface area contributed by atoms with Gasteiger partial charge in [0.05, 0.1) is 22.6 Å². The molecule has 1 fully saturated rings. The van der Waals surface area contributed by atoms with Crippen molar-refractivity contribution in [3.8, 4) is 0 Å². The van der Waals surface area contributed by atoms with Crippen molar-refractivity contribution in [3.63, 3.8) is 0 Å². The van der Waals surface area contributed by atoms with Crippen LogP contribution in [0.25, 0.3) is 0 Å². The molecular formula is C30H32F3N5O3. The van der Waals surface area contributed by atoms with E-state index in [1.807, 2.05) is 6.08 Å². The number of imide groups is 1. The van der Waals surface area contributed by atoms with Crippen LogP contribution >= 0.6 is 0 Å². The summed E-state index contributed by atoms with van der Waals surface area (Å²) in [7, 11) is 0. The molecule has 2 aromatic carbocycles. The summed E-state index contributed by atoms with van der Waals surface area (Å²) in [6.07, 6.45) is 4.21. The van der Waals surface area contributed by atoms with E-state index in [-0.39, 0.29) is 35.1 Å². The first-order chi connectivity index (χ1) is 19.7. The Bertz CT molecular complexity index is 1400. The van der Waals surface area contributed by atoms with Crippen molar-refractivity contribution < 1.29 is 27.6 Å². The lowest BCUT2D eigenvalue weighted by Gasteiger charge is -2.28. The Morgan fingerprint density at radius 3 is 2.41 bits per heavy atom. The van der Waals surface area contributed by atoms with Crippen molar-refractivity contribution >= 4 is 35.0 Å². The van der Waals surface area contributed by atoms with Gasteiger partial charge in [0.25, 0.3) is 5.91 Å². The molecule has 0 unspecified atom stereocenters. The summed E-state index contributed by atoms with van der Waals surface area (Å²) in [4.78, 5) is 46.7. The first-order valence-corrected chi connectivity index (χ1v) is 13.8. The highest BCUT2D eigenvalue weighted by Gasteiger charge is 2.41. The van der Waals surface area contributed by atoms with Crippen LogP contribution in [0.3, 0.4) is 0 Å². The number of hydrogen-bond acceptors (Lipinski definition) is 4. The number of alkyl halides is 3. The van der Waals surface area contributed by atoms with Crippen molar-refractivity contribution in [2.24, 2.45) is 0 Å². The average molecular weight is 568 g/mol. The van der Waals surface area contributed by atoms with Crippen molar-refractivity contribution in [1.82, 2.24) is 10.2 Å². The number of nitrogens with zero attached hydrogens (tertiary/aromatic N) is 4. The van der Waals surface area contributed by atoms with E-state index in [2.05, 4.69) is 10.2 Å². The van der Waals surface area contributed by atoms with Gasteiger partial charge in [0.2, 0.25) is 0 Å². The molecule has 0 radical (unpaired) electrons. The molecule has 3 aliphatic rings. The highest BCUT2D eigenvalue weighted by atomic mass is 19.4. The lowest BCUT2D eigenvalue weighted by Crippen LogP contribution is -2.49. The molecule has 0 saturated carbocycles. The Kier molecular flexibility index (Phi) is 8.16. The second kappa shape index (κ2) is 11.8. The van der Waals surface area contributed by atoms with E-state index >= 15 is 0 Å². The quantitative estimate of drug-likeness (QED) is 0.435. The summed E-state index contributed by atoms with van der Waals surface area (Å²) in [5.74, 6) is -0.346. The number of carbonyl (C=O) groups excluding carboxylic acids is 3. The van der Waals surface area contributed by atoms with Gasteiger partial charge in [-0.05, 0) is 88.2 Å². The van der Waals surface area contributed by atoms with E-state index < -0.39 is 23.8 Å². The predicted molar refractivity (Wildman–Crippen MR) is 151 cm³/mol. The van der Waals surface area contributed by atoms with Gasteiger partial charge in [-0.2, -0.15) is 13.2 Å². The van der Waals surface area contributed by atoms with Crippen LogP contribution in [0.5, 0.6) is 0 Å². The minimum Gasteiger partial charge on any atom is -0.351 e. The fraction of sp³-hybridized carbons (Fsp3) is 0.367. The number of anilines is 3. The SMILES string of the molecule is CCN1C(=O)N(c2cccc(C(=O)NCCN3CCCC3)c2)C(=O)N(C2=CCCC=C2)c2cc(C(F)(F)F)ccc21. The summed E-state index contributed by atoms with van der Waals surface area (Å²) in [6, 6.07) is 7.62. The molecule has 2 aromatic rings. The minimum absolute atomic E-state index is 0.0452. The zero-order valence-corrected chi connectivity index (χ0v) is 22.8. The van der Waals surface area contributed by atoms with E-state index in [1.165, 1.54) is 23.1 Å². The summed E-state index contributed by atoms with van der Waals surface area (Å²) in [5, 5.41) is 2.89. The molecule has 5 amide bonds. The Hall–Kier alpha value is -4.12. The number of likely N-dealkylation sites (tertiary alicyclic amines) is 1. The van der Waals surface area contributed by atoms with Crippen LogP contribution in [0.2, 0.25) is 0 Å². The number of urea groups is 2. The van der Waals surface area contributed by atoms with E-state index in [9.17, 15) is 27.6 Å². The molecule has 216 valence electrons. The van der Waals surface area contributed by atoms with Gasteiger partial charge in [0, 0.05) is 30.9 Å². The van der Waals surface area contributed by atoms with Crippen molar-refractivity contribution in [2.75, 3.05) is 47.4 Å². The monoisotopic (exact) mass is 567 g/mol. The van der Waals surface area contributed by atoms with Crippen LogP contribution in [0.1, 0.15) is 48.5 Å². The third-order valence-electron chi connectivity index (χ3n) is 7.47. The molecule has 0 bridgehead atoms. The van der Waals surface area contributed by atoms with Crippen LogP contribution in [-0.2, 0) is 6.18 Å². The highest BCUT2D eigenvalue weighted by Crippen LogP contribution is 2.42. The Morgan fingerprint density at radius 2 is 1.73 bits per heavy atom. The number of fused-ring (bicyclic) bond motifs is 1. The summed E-state index contributed by atoms with van der Waals surface area (Å²) < 4.78 is 41.3. The summed E-state index contributed by atoms with van der Waals surface area (Å²) in [6.45, 7) is 4.98. The van der Waals surface area contributed by atoms with Crippen molar-refractivity contribution in [2.45, 2.75) is 38.8 Å². The van der Waals surface area contributed by atoms with Gasteiger partial charge in [-0.3, -0.25) is 14.6 Å². The Labute approximate surface area is 236 Å². The topological polar surface area (TPSA) is 76.2 Å². The lowest BCUT2D eigenvalue weighted by molar-refractivity contribution is -0.137. The number of amides is 5. The molecule has 0 aromatic heterocycles. The van der Waals surface area contributed by atoms with E-state index in [1.54, 1.807) is 31.2 Å². The molecule has 8 nitrogen and oxygen atoms in total. The molecule has 1 aliphatic carbocycles. The maximum atomic E-state index is 14.2. The molecule has 0 atom stereocenters. The maximum absolute atomic E-state index is 14.2. The number of carbonyl (C=O) groups is 3. The van der Waals surface area contributed by atoms with Gasteiger partial charge in [-0.15, -0.1) is 0 Å². The van der Waals surface area contributed by atoms with Crippen molar-refractivity contribution in [1.29, 1.82) is 0 Å². The molecule has 1 saturated heterocycles. The standard InChI is InChI=1S/C30H32F3N5O3/c1-2-36-25-14-13-22(30(31,32)33)20-26(25)37(23-10-4-3-5-11-23)29(41)38(28(36)40)24-12-8-9-21(19-24)27(39)34-15-18-35-16-6-7-17-35/h4,8-14,19-20H,2-3,5-7,15-18H2,1H3,(H,34,39). The first-order valence-electron chi connectivity index (χ1n) is 13.8. The normalized spacial score (nSPS) is 18.0. The largest absolute Gasteiger partial charge is 0.416 e. The zero-order valence-electron chi connectivity index (χ0n) is 22.8. The van der Waals surface area contributed by atoms with Crippen molar-refractivity contribution in [3.05, 3.63) is 77.5 Å². The van der Waals surface area contributed by atoms with Crippen LogP contribution in [-0.4, -0.2) is 55.6 Å². The molecule has 2 aliphatic heterocycles. The van der Waals surface area contributed by atoms with Gasteiger partial charge >= 0.3 is 18.2 Å². The molecule has 11 heteroatoms. The fourth-order valence-corrected chi connectivity index (χ4v) is 5.38. The third-order valence-corrected chi connectivity index (χ3v) is 7.47. The van der Waals surface area contributed by atoms with Gasteiger partial charge in [-0.1, -0.05) is 18.2 Å². The average Bonchev–Trinajstić information content (AvgIpc) is 3.45. The van der Waals surface area contributed by atoms with Gasteiger partial charge in [0.15, 0.2) is 0 Å². The van der Waals surface area contributed by atoms with Gasteiger partial charge in [0.1, 0.15) is 0 Å². The second-order valence-electron chi connectivity index (χ2n) is 10.1. The number of nitrogens with one attached hydrogen (secondary N) is 1. The van der Waals surface area contributed by atoms with Gasteiger partial charge < -0.3 is 10.2 Å². The van der Waals surface area contributed by atoms with Crippen LogP contribution in [0, 0.1) is 0 Å². The molecular weight excluding hydrogens is 535 g/mol. The number of benzene rings is 2. The number of hydrogen-bond donors (Lipinski definition) is 1. The molecule has 2 heterocycles. The first kappa shape index (κ1) is 28.4. The number of rotatable bonds is 7. The summed E-state index contributed by atoms with van der Waals surface area (Å²) >= 11 is 0. The van der Waals surface area contributed by atoms with Gasteiger partial charge in [-0.25, -0.2) is 14.5 Å². The van der Waals surface area contributed by atoms with Crippen LogP contribution in [0.4, 0.5) is 39.8 Å². The smallest absolute Gasteiger partial charge is 0.351 e. The lowest BCUT2D eigenvalue weighted by atomic mass is 10.1. The number of allylic oxidation sites excluding steroid dienone is 3. The number of halogens is 3. The molecule has 5 rings (SSSR count). The van der Waals surface area contributed by atoms with E-state index in [4.69, 9.17) is 0 Å². The zero-order chi connectivity index (χ0) is 29.1. The highest BCUT2D eigenvalue weighted by molar-refractivity contribution is 6.27. The maximum Gasteiger partial charge on any atom is 0.416 e. The van der Waals surface area contributed by atoms with Crippen LogP contribution in [0.15, 0.2) is 66.4 Å². The fourth-order valence-electron chi connectivity index (χ4n) is 5.38. The molecule has 41 heavy (non-hydrogen) atoms. The van der Waals surface area contributed by atoms with Crippen LogP contribution < -0.4 is 20.0 Å². The minimum atomic E-state index is -4.65. The molecule has 1 N–H and O–H groups in total. The predicted octanol–water partition coefficient (Wildman–Crippen LogP) is 6.16. The van der Waals surface area contributed by atoms with E-state index in [0.29, 0.717) is 18.7 Å². The third kappa shape index (κ3) is 5.85. The Morgan fingerprint density at radius 1 is 0.951 bits per heavy atom. The Balaban J connectivity index is 1.52.